The van der Waals surface area contributed by atoms with E-state index in [1.165, 1.54) is 23.1 Å². The lowest BCUT2D eigenvalue weighted by molar-refractivity contribution is -0.113. The van der Waals surface area contributed by atoms with Crippen LogP contribution in [0.4, 0.5) is 5.69 Å². The molecule has 0 spiro atoms. The molecule has 1 aliphatic rings. The summed E-state index contributed by atoms with van der Waals surface area (Å²) in [7, 11) is 1.84. The second-order valence-electron chi connectivity index (χ2n) is 5.69. The molecule has 0 atom stereocenters. The molecule has 0 saturated carbocycles. The molecule has 0 radical (unpaired) electrons. The van der Waals surface area contributed by atoms with Gasteiger partial charge in [0.05, 0.1) is 26.2 Å². The Morgan fingerprint density at radius 3 is 2.96 bits per heavy atom. The Kier molecular flexibility index (Phi) is 4.44. The van der Waals surface area contributed by atoms with Crippen molar-refractivity contribution in [1.82, 2.24) is 14.8 Å². The molecule has 3 aromatic rings. The third kappa shape index (κ3) is 3.33. The molecule has 1 aliphatic heterocycles. The molecule has 0 unspecified atom stereocenters. The van der Waals surface area contributed by atoms with Crippen molar-refractivity contribution >= 4 is 46.6 Å². The van der Waals surface area contributed by atoms with Gasteiger partial charge in [-0.25, -0.2) is 0 Å². The van der Waals surface area contributed by atoms with Gasteiger partial charge in [-0.15, -0.1) is 23.1 Å². The number of pyridine rings is 1. The zero-order valence-electron chi connectivity index (χ0n) is 13.8. The van der Waals surface area contributed by atoms with Gasteiger partial charge in [-0.1, -0.05) is 0 Å². The van der Waals surface area contributed by atoms with Crippen LogP contribution in [0.5, 0.6) is 0 Å². The van der Waals surface area contributed by atoms with Gasteiger partial charge < -0.3 is 5.32 Å². The maximum Gasteiger partial charge on any atom is 0.234 e. The molecule has 0 aliphatic carbocycles. The number of rotatable bonds is 4. The first-order chi connectivity index (χ1) is 12.6. The molecule has 0 aromatic carbocycles. The van der Waals surface area contributed by atoms with Crippen molar-refractivity contribution in [3.05, 3.63) is 53.3 Å². The number of anilines is 1. The molecule has 3 aromatic heterocycles. The normalized spacial score (nSPS) is 13.7. The van der Waals surface area contributed by atoms with Gasteiger partial charge in [-0.05, 0) is 30.4 Å². The Morgan fingerprint density at radius 2 is 2.15 bits per heavy atom. The molecule has 0 fully saturated rings. The van der Waals surface area contributed by atoms with E-state index < -0.39 is 0 Å². The van der Waals surface area contributed by atoms with Crippen LogP contribution in [-0.4, -0.2) is 32.2 Å². The number of nitrogens with zero attached hydrogens (tertiary/aromatic N) is 3. The maximum absolute atomic E-state index is 12.5. The van der Waals surface area contributed by atoms with Crippen LogP contribution < -0.4 is 5.32 Å². The van der Waals surface area contributed by atoms with E-state index in [2.05, 4.69) is 15.4 Å². The van der Waals surface area contributed by atoms with Crippen molar-refractivity contribution in [2.45, 2.75) is 4.21 Å². The van der Waals surface area contributed by atoms with Gasteiger partial charge in [0.15, 0.2) is 5.78 Å². The molecule has 26 heavy (non-hydrogen) atoms. The minimum atomic E-state index is -0.0937. The number of carbonyl (C=O) groups excluding carboxylic acids is 2. The van der Waals surface area contributed by atoms with Crippen molar-refractivity contribution in [2.75, 3.05) is 11.1 Å². The summed E-state index contributed by atoms with van der Waals surface area (Å²) < 4.78 is 2.69. The fourth-order valence-electron chi connectivity index (χ4n) is 2.62. The average molecular weight is 382 g/mol. The Bertz CT molecular complexity index is 1020. The smallest absolute Gasteiger partial charge is 0.234 e. The van der Waals surface area contributed by atoms with Gasteiger partial charge >= 0.3 is 0 Å². The van der Waals surface area contributed by atoms with E-state index in [0.717, 1.165) is 26.7 Å². The van der Waals surface area contributed by atoms with E-state index in [9.17, 15) is 9.59 Å². The zero-order valence-corrected chi connectivity index (χ0v) is 15.4. The van der Waals surface area contributed by atoms with E-state index in [1.807, 2.05) is 25.4 Å². The number of amides is 1. The van der Waals surface area contributed by atoms with Gasteiger partial charge in [-0.2, -0.15) is 5.10 Å². The third-order valence-electron chi connectivity index (χ3n) is 3.77. The topological polar surface area (TPSA) is 76.9 Å². The van der Waals surface area contributed by atoms with Crippen LogP contribution in [0.1, 0.15) is 15.2 Å². The van der Waals surface area contributed by atoms with Crippen LogP contribution in [-0.2, 0) is 11.8 Å². The van der Waals surface area contributed by atoms with E-state index >= 15 is 0 Å². The Balaban J connectivity index is 1.59. The van der Waals surface area contributed by atoms with Crippen LogP contribution >= 0.6 is 23.1 Å². The standard InChI is InChI=1S/C18H14N4O2S2/c1-22-9-12(17(21-22)11-4-6-19-7-5-11)2-3-14(23)15-8-13-18(26-15)25-10-16(24)20-13/h2-9H,10H2,1H3,(H,20,24)/b3-2+. The summed E-state index contributed by atoms with van der Waals surface area (Å²) in [6.07, 6.45) is 8.62. The first-order valence-electron chi connectivity index (χ1n) is 7.83. The summed E-state index contributed by atoms with van der Waals surface area (Å²) >= 11 is 2.87. The number of thioether (sulfide) groups is 1. The lowest BCUT2D eigenvalue weighted by Crippen LogP contribution is -2.17. The summed E-state index contributed by atoms with van der Waals surface area (Å²) in [5, 5.41) is 7.27. The SMILES string of the molecule is Cn1cc(/C=C/C(=O)c2cc3c(s2)SCC(=O)N3)c(-c2ccncc2)n1. The lowest BCUT2D eigenvalue weighted by Gasteiger charge is -2.10. The molecule has 0 saturated heterocycles. The highest BCUT2D eigenvalue weighted by molar-refractivity contribution is 8.02. The molecular formula is C18H14N4O2S2. The van der Waals surface area contributed by atoms with Gasteiger partial charge in [0.1, 0.15) is 0 Å². The molecule has 1 N–H and O–H groups in total. The minimum absolute atomic E-state index is 0.0350. The molecule has 0 bridgehead atoms. The third-order valence-corrected chi connectivity index (χ3v) is 6.21. The number of carbonyl (C=O) groups is 2. The van der Waals surface area contributed by atoms with E-state index in [0.29, 0.717) is 10.6 Å². The largest absolute Gasteiger partial charge is 0.324 e. The molecule has 8 heteroatoms. The second kappa shape index (κ2) is 6.89. The number of hydrogen-bond acceptors (Lipinski definition) is 6. The van der Waals surface area contributed by atoms with Gasteiger partial charge in [0.2, 0.25) is 5.91 Å². The van der Waals surface area contributed by atoms with Crippen molar-refractivity contribution in [2.24, 2.45) is 7.05 Å². The molecular weight excluding hydrogens is 368 g/mol. The second-order valence-corrected chi connectivity index (χ2v) is 7.99. The predicted octanol–water partition coefficient (Wildman–Crippen LogP) is 3.48. The Morgan fingerprint density at radius 1 is 1.35 bits per heavy atom. The number of nitrogens with one attached hydrogen (secondary N) is 1. The van der Waals surface area contributed by atoms with Crippen molar-refractivity contribution in [3.8, 4) is 11.3 Å². The summed E-state index contributed by atoms with van der Waals surface area (Å²) in [4.78, 5) is 28.6. The first-order valence-corrected chi connectivity index (χ1v) is 9.63. The molecule has 4 rings (SSSR count). The molecule has 130 valence electrons. The number of hydrogen-bond donors (Lipinski definition) is 1. The molecule has 6 nitrogen and oxygen atoms in total. The highest BCUT2D eigenvalue weighted by Crippen LogP contribution is 2.39. The lowest BCUT2D eigenvalue weighted by atomic mass is 10.1. The Labute approximate surface area is 158 Å². The van der Waals surface area contributed by atoms with Crippen LogP contribution in [0.2, 0.25) is 0 Å². The summed E-state index contributed by atoms with van der Waals surface area (Å²) in [6, 6.07) is 5.51. The summed E-state index contributed by atoms with van der Waals surface area (Å²) in [5.41, 5.74) is 3.33. The average Bonchev–Trinajstić information content (AvgIpc) is 3.23. The summed E-state index contributed by atoms with van der Waals surface area (Å²) in [5.74, 6) is 0.262. The number of allylic oxidation sites excluding steroid dienone is 1. The van der Waals surface area contributed by atoms with Gasteiger partial charge in [0.25, 0.3) is 0 Å². The van der Waals surface area contributed by atoms with Crippen molar-refractivity contribution < 1.29 is 9.59 Å². The predicted molar refractivity (Wildman–Crippen MR) is 103 cm³/mol. The highest BCUT2D eigenvalue weighted by Gasteiger charge is 2.20. The number of thiophene rings is 1. The van der Waals surface area contributed by atoms with Crippen molar-refractivity contribution in [1.29, 1.82) is 0 Å². The number of aryl methyl sites for hydroxylation is 1. The summed E-state index contributed by atoms with van der Waals surface area (Å²) in [6.45, 7) is 0. The number of ketones is 1. The van der Waals surface area contributed by atoms with Crippen molar-refractivity contribution in [3.63, 3.8) is 0 Å². The maximum atomic E-state index is 12.5. The monoisotopic (exact) mass is 382 g/mol. The molecule has 4 heterocycles. The van der Waals surface area contributed by atoms with Crippen LogP contribution in [0.15, 0.2) is 47.1 Å². The van der Waals surface area contributed by atoms with Gasteiger partial charge in [-0.3, -0.25) is 19.3 Å². The van der Waals surface area contributed by atoms with Crippen LogP contribution in [0.25, 0.3) is 17.3 Å². The zero-order chi connectivity index (χ0) is 18.1. The number of aromatic nitrogens is 3. The van der Waals surface area contributed by atoms with Crippen LogP contribution in [0, 0.1) is 0 Å². The van der Waals surface area contributed by atoms with Crippen LogP contribution in [0.3, 0.4) is 0 Å². The fourth-order valence-corrected chi connectivity index (χ4v) is 4.66. The van der Waals surface area contributed by atoms with E-state index in [-0.39, 0.29) is 11.7 Å². The Hall–Kier alpha value is -2.71. The first kappa shape index (κ1) is 16.7. The van der Waals surface area contributed by atoms with Gasteiger partial charge in [0, 0.05) is 36.8 Å². The molecule has 1 amide bonds. The highest BCUT2D eigenvalue weighted by atomic mass is 32.2. The quantitative estimate of drug-likeness (QED) is 0.552. The van der Waals surface area contributed by atoms with E-state index in [1.54, 1.807) is 35.3 Å². The fraction of sp³-hybridized carbons (Fsp3) is 0.111. The number of fused-ring (bicyclic) bond motifs is 1. The van der Waals surface area contributed by atoms with E-state index in [4.69, 9.17) is 0 Å². The minimum Gasteiger partial charge on any atom is -0.324 e.